The van der Waals surface area contributed by atoms with Crippen LogP contribution in [0.4, 0.5) is 5.69 Å². The van der Waals surface area contributed by atoms with Crippen molar-refractivity contribution in [3.05, 3.63) is 53.6 Å². The van der Waals surface area contributed by atoms with Crippen LogP contribution >= 0.6 is 0 Å². The van der Waals surface area contributed by atoms with Crippen LogP contribution in [0.15, 0.2) is 42.5 Å². The molecule has 2 aromatic carbocycles. The van der Waals surface area contributed by atoms with Crippen LogP contribution < -0.4 is 10.1 Å². The molecular formula is C21H23N5O2. The molecule has 1 amide bonds. The van der Waals surface area contributed by atoms with Gasteiger partial charge >= 0.3 is 0 Å². The number of rotatable bonds is 4. The number of aromatic nitrogens is 4. The molecule has 1 N–H and O–H groups in total. The lowest BCUT2D eigenvalue weighted by atomic mass is 9.93. The third-order valence-corrected chi connectivity index (χ3v) is 4.79. The fourth-order valence-electron chi connectivity index (χ4n) is 3.35. The van der Waals surface area contributed by atoms with Gasteiger partial charge in [-0.2, -0.15) is 4.80 Å². The van der Waals surface area contributed by atoms with E-state index in [9.17, 15) is 4.79 Å². The van der Waals surface area contributed by atoms with Gasteiger partial charge in [0, 0.05) is 11.3 Å². The average molecular weight is 377 g/mol. The van der Waals surface area contributed by atoms with Gasteiger partial charge < -0.3 is 10.1 Å². The van der Waals surface area contributed by atoms with Crippen LogP contribution in [0.5, 0.6) is 5.75 Å². The van der Waals surface area contributed by atoms with Gasteiger partial charge in [0.2, 0.25) is 11.7 Å². The molecule has 0 aliphatic carbocycles. The Labute approximate surface area is 163 Å². The second kappa shape index (κ2) is 7.07. The molecule has 3 aromatic rings. The molecule has 4 rings (SSSR count). The number of benzene rings is 2. The van der Waals surface area contributed by atoms with Crippen LogP contribution in [0.2, 0.25) is 0 Å². The quantitative estimate of drug-likeness (QED) is 0.755. The molecule has 0 atom stereocenters. The zero-order chi connectivity index (χ0) is 19.7. The van der Waals surface area contributed by atoms with Gasteiger partial charge in [-0.15, -0.1) is 10.2 Å². The highest BCUT2D eigenvalue weighted by molar-refractivity contribution is 5.92. The topological polar surface area (TPSA) is 81.9 Å². The van der Waals surface area contributed by atoms with Crippen LogP contribution in [0.1, 0.15) is 31.4 Å². The second-order valence-corrected chi connectivity index (χ2v) is 7.71. The summed E-state index contributed by atoms with van der Waals surface area (Å²) < 4.78 is 6.01. The van der Waals surface area contributed by atoms with E-state index in [1.54, 1.807) is 7.05 Å². The molecule has 144 valence electrons. The van der Waals surface area contributed by atoms with Crippen molar-refractivity contribution < 1.29 is 9.53 Å². The van der Waals surface area contributed by atoms with Crippen LogP contribution in [-0.2, 0) is 24.7 Å². The number of nitrogens with one attached hydrogen (secondary N) is 1. The predicted molar refractivity (Wildman–Crippen MR) is 106 cm³/mol. The summed E-state index contributed by atoms with van der Waals surface area (Å²) >= 11 is 0. The van der Waals surface area contributed by atoms with Crippen molar-refractivity contribution >= 4 is 11.6 Å². The molecule has 1 aromatic heterocycles. The number of hydrogen-bond donors (Lipinski definition) is 1. The maximum atomic E-state index is 12.5. The van der Waals surface area contributed by atoms with Gasteiger partial charge in [0.1, 0.15) is 11.4 Å². The largest absolute Gasteiger partial charge is 0.488 e. The van der Waals surface area contributed by atoms with E-state index in [4.69, 9.17) is 4.74 Å². The molecule has 0 saturated carbocycles. The van der Waals surface area contributed by atoms with Gasteiger partial charge in [0.25, 0.3) is 0 Å². The van der Waals surface area contributed by atoms with E-state index >= 15 is 0 Å². The number of nitrogens with zero attached hydrogens (tertiary/aromatic N) is 4. The summed E-state index contributed by atoms with van der Waals surface area (Å²) in [5, 5.41) is 15.0. The van der Waals surface area contributed by atoms with Crippen LogP contribution in [-0.4, -0.2) is 31.7 Å². The van der Waals surface area contributed by atoms with Crippen molar-refractivity contribution in [1.82, 2.24) is 20.2 Å². The number of anilines is 1. The standard InChI is InChI=1S/C21H23N5O2/c1-21(2)10-9-15-11-14(7-8-18(15)28-21)12-19(27)22-17-6-4-5-16(13-17)20-23-25-26(3)24-20/h4-8,11,13H,9-10,12H2,1-3H3,(H,22,27). The van der Waals surface area contributed by atoms with E-state index in [1.165, 1.54) is 10.4 Å². The number of amides is 1. The minimum Gasteiger partial charge on any atom is -0.488 e. The molecule has 0 saturated heterocycles. The summed E-state index contributed by atoms with van der Waals surface area (Å²) in [6.45, 7) is 4.20. The van der Waals surface area contributed by atoms with Crippen LogP contribution in [0, 0.1) is 0 Å². The Morgan fingerprint density at radius 3 is 2.89 bits per heavy atom. The van der Waals surface area contributed by atoms with Crippen molar-refractivity contribution in [2.75, 3.05) is 5.32 Å². The summed E-state index contributed by atoms with van der Waals surface area (Å²) in [7, 11) is 1.72. The molecule has 0 fully saturated rings. The first kappa shape index (κ1) is 18.2. The van der Waals surface area contributed by atoms with Crippen LogP contribution in [0.25, 0.3) is 11.4 Å². The molecule has 0 radical (unpaired) electrons. The van der Waals surface area contributed by atoms with E-state index in [-0.39, 0.29) is 11.5 Å². The van der Waals surface area contributed by atoms with E-state index in [1.807, 2.05) is 36.4 Å². The summed E-state index contributed by atoms with van der Waals surface area (Å²) in [6.07, 6.45) is 2.24. The molecule has 0 unspecified atom stereocenters. The first-order valence-electron chi connectivity index (χ1n) is 9.33. The molecule has 1 aliphatic rings. The minimum absolute atomic E-state index is 0.0683. The molecule has 0 spiro atoms. The van der Waals surface area contributed by atoms with Gasteiger partial charge in [-0.3, -0.25) is 4.79 Å². The maximum Gasteiger partial charge on any atom is 0.228 e. The third kappa shape index (κ3) is 4.03. The Bertz CT molecular complexity index is 1030. The predicted octanol–water partition coefficient (Wildman–Crippen LogP) is 3.16. The normalized spacial score (nSPS) is 14.8. The zero-order valence-electron chi connectivity index (χ0n) is 16.3. The maximum absolute atomic E-state index is 12.5. The molecular weight excluding hydrogens is 354 g/mol. The Hall–Kier alpha value is -3.22. The van der Waals surface area contributed by atoms with E-state index in [0.717, 1.165) is 29.7 Å². The zero-order valence-corrected chi connectivity index (χ0v) is 16.3. The minimum atomic E-state index is -0.130. The fourth-order valence-corrected chi connectivity index (χ4v) is 3.35. The van der Waals surface area contributed by atoms with Crippen molar-refractivity contribution in [2.24, 2.45) is 7.05 Å². The number of ether oxygens (including phenoxy) is 1. The monoisotopic (exact) mass is 377 g/mol. The molecule has 1 aliphatic heterocycles. The Morgan fingerprint density at radius 2 is 2.11 bits per heavy atom. The number of aryl methyl sites for hydroxylation is 2. The summed E-state index contributed by atoms with van der Waals surface area (Å²) in [6, 6.07) is 13.4. The summed E-state index contributed by atoms with van der Waals surface area (Å²) in [5.41, 5.74) is 3.53. The SMILES string of the molecule is Cn1nnc(-c2cccc(NC(=O)Cc3ccc4c(c3)CCC(C)(C)O4)c2)n1. The van der Waals surface area contributed by atoms with E-state index in [0.29, 0.717) is 17.9 Å². The van der Waals surface area contributed by atoms with Crippen LogP contribution in [0.3, 0.4) is 0 Å². The number of carbonyl (C=O) groups is 1. The lowest BCUT2D eigenvalue weighted by Crippen LogP contribution is -2.32. The van der Waals surface area contributed by atoms with E-state index < -0.39 is 0 Å². The molecule has 0 bridgehead atoms. The number of fused-ring (bicyclic) bond motifs is 1. The molecule has 28 heavy (non-hydrogen) atoms. The highest BCUT2D eigenvalue weighted by Crippen LogP contribution is 2.33. The van der Waals surface area contributed by atoms with E-state index in [2.05, 4.69) is 40.6 Å². The highest BCUT2D eigenvalue weighted by atomic mass is 16.5. The lowest BCUT2D eigenvalue weighted by Gasteiger charge is -2.32. The Balaban J connectivity index is 1.44. The summed E-state index contributed by atoms with van der Waals surface area (Å²) in [4.78, 5) is 13.9. The Kier molecular flexibility index (Phi) is 4.58. The average Bonchev–Trinajstić information content (AvgIpc) is 3.08. The fraction of sp³-hybridized carbons (Fsp3) is 0.333. The van der Waals surface area contributed by atoms with Gasteiger partial charge in [-0.05, 0) is 61.2 Å². The molecule has 7 heteroatoms. The third-order valence-electron chi connectivity index (χ3n) is 4.79. The molecule has 7 nitrogen and oxygen atoms in total. The smallest absolute Gasteiger partial charge is 0.228 e. The van der Waals surface area contributed by atoms with Crippen molar-refractivity contribution in [2.45, 2.75) is 38.7 Å². The van der Waals surface area contributed by atoms with Gasteiger partial charge in [-0.25, -0.2) is 0 Å². The van der Waals surface area contributed by atoms with Gasteiger partial charge in [0.15, 0.2) is 0 Å². The first-order chi connectivity index (χ1) is 13.4. The number of hydrogen-bond acceptors (Lipinski definition) is 5. The molecule has 2 heterocycles. The number of tetrazole rings is 1. The second-order valence-electron chi connectivity index (χ2n) is 7.71. The van der Waals surface area contributed by atoms with Crippen molar-refractivity contribution in [3.63, 3.8) is 0 Å². The van der Waals surface area contributed by atoms with Gasteiger partial charge in [0.05, 0.1) is 13.5 Å². The Morgan fingerprint density at radius 1 is 1.25 bits per heavy atom. The van der Waals surface area contributed by atoms with Crippen molar-refractivity contribution in [1.29, 1.82) is 0 Å². The van der Waals surface area contributed by atoms with Gasteiger partial charge in [-0.1, -0.05) is 24.3 Å². The summed E-state index contributed by atoms with van der Waals surface area (Å²) in [5.74, 6) is 1.38. The first-order valence-corrected chi connectivity index (χ1v) is 9.33. The lowest BCUT2D eigenvalue weighted by molar-refractivity contribution is -0.115. The van der Waals surface area contributed by atoms with Crippen molar-refractivity contribution in [3.8, 4) is 17.1 Å². The highest BCUT2D eigenvalue weighted by Gasteiger charge is 2.26. The number of carbonyl (C=O) groups excluding carboxylic acids is 1.